The largest absolute Gasteiger partial charge is 0.493 e. The van der Waals surface area contributed by atoms with Crippen LogP contribution in [0.3, 0.4) is 0 Å². The van der Waals surface area contributed by atoms with Crippen LogP contribution in [-0.2, 0) is 16.1 Å². The van der Waals surface area contributed by atoms with Crippen LogP contribution in [0.5, 0.6) is 17.2 Å². The van der Waals surface area contributed by atoms with Gasteiger partial charge in [0.1, 0.15) is 5.69 Å². The molecule has 0 unspecified atom stereocenters. The summed E-state index contributed by atoms with van der Waals surface area (Å²) in [7, 11) is 4.68. The molecule has 0 radical (unpaired) electrons. The van der Waals surface area contributed by atoms with E-state index in [1.807, 2.05) is 31.7 Å². The number of nitrogens with zero attached hydrogens (tertiary/aromatic N) is 2. The third-order valence-electron chi connectivity index (χ3n) is 5.24. The summed E-state index contributed by atoms with van der Waals surface area (Å²) in [6, 6.07) is 5.44. The lowest BCUT2D eigenvalue weighted by atomic mass is 9.94. The standard InChI is InChI=1S/C23H32N2O6/c1-23(2,3)22(26)25(14-17-8-7-9-30-17)13-16-12-18(31-24-16)15-10-19(27-4)21(29-6)20(11-15)28-5/h10-12,17H,7-9,13-14H2,1-6H3/t17-/m0/s1. The van der Waals surface area contributed by atoms with Gasteiger partial charge in [0.15, 0.2) is 17.3 Å². The molecule has 1 amide bonds. The van der Waals surface area contributed by atoms with E-state index in [0.29, 0.717) is 41.8 Å². The summed E-state index contributed by atoms with van der Waals surface area (Å²) < 4.78 is 27.6. The highest BCUT2D eigenvalue weighted by Crippen LogP contribution is 2.41. The van der Waals surface area contributed by atoms with E-state index in [2.05, 4.69) is 5.16 Å². The van der Waals surface area contributed by atoms with E-state index in [0.717, 1.165) is 25.0 Å². The number of ether oxygens (including phenoxy) is 4. The van der Waals surface area contributed by atoms with E-state index in [4.69, 9.17) is 23.5 Å². The Morgan fingerprint density at radius 3 is 2.32 bits per heavy atom. The first-order valence-electron chi connectivity index (χ1n) is 10.4. The molecule has 8 nitrogen and oxygen atoms in total. The Bertz CT molecular complexity index is 871. The Balaban J connectivity index is 1.85. The monoisotopic (exact) mass is 432 g/mol. The van der Waals surface area contributed by atoms with E-state index in [-0.39, 0.29) is 12.0 Å². The predicted molar refractivity (Wildman–Crippen MR) is 115 cm³/mol. The molecular formula is C23H32N2O6. The van der Waals surface area contributed by atoms with Crippen molar-refractivity contribution in [2.24, 2.45) is 5.41 Å². The van der Waals surface area contributed by atoms with Gasteiger partial charge in [-0.1, -0.05) is 25.9 Å². The van der Waals surface area contributed by atoms with Crippen molar-refractivity contribution >= 4 is 5.91 Å². The quantitative estimate of drug-likeness (QED) is 0.625. The van der Waals surface area contributed by atoms with Gasteiger partial charge in [-0.15, -0.1) is 0 Å². The number of hydrogen-bond acceptors (Lipinski definition) is 7. The van der Waals surface area contributed by atoms with Crippen molar-refractivity contribution in [2.45, 2.75) is 46.3 Å². The molecule has 1 saturated heterocycles. The second-order valence-corrected chi connectivity index (χ2v) is 8.67. The van der Waals surface area contributed by atoms with Crippen LogP contribution in [0.2, 0.25) is 0 Å². The number of hydrogen-bond donors (Lipinski definition) is 0. The maximum absolute atomic E-state index is 13.0. The number of amides is 1. The minimum Gasteiger partial charge on any atom is -0.493 e. The number of carbonyl (C=O) groups is 1. The van der Waals surface area contributed by atoms with E-state index < -0.39 is 5.41 Å². The van der Waals surface area contributed by atoms with Gasteiger partial charge in [-0.3, -0.25) is 4.79 Å². The van der Waals surface area contributed by atoms with Gasteiger partial charge in [0, 0.05) is 30.2 Å². The highest BCUT2D eigenvalue weighted by molar-refractivity contribution is 5.81. The molecule has 3 rings (SSSR count). The first-order valence-corrected chi connectivity index (χ1v) is 10.4. The lowest BCUT2D eigenvalue weighted by Crippen LogP contribution is -2.43. The molecule has 1 atom stereocenters. The predicted octanol–water partition coefficient (Wildman–Crippen LogP) is 3.92. The lowest BCUT2D eigenvalue weighted by molar-refractivity contribution is -0.141. The molecule has 2 heterocycles. The van der Waals surface area contributed by atoms with E-state index in [9.17, 15) is 4.79 Å². The van der Waals surface area contributed by atoms with Crippen LogP contribution in [-0.4, -0.2) is 56.5 Å². The summed E-state index contributed by atoms with van der Waals surface area (Å²) in [5.41, 5.74) is 0.905. The number of aromatic nitrogens is 1. The minimum atomic E-state index is -0.498. The molecule has 1 aromatic heterocycles. The third kappa shape index (κ3) is 5.31. The molecule has 1 fully saturated rings. The fourth-order valence-electron chi connectivity index (χ4n) is 3.67. The SMILES string of the molecule is COc1cc(-c2cc(CN(C[C@@H]3CCCO3)C(=O)C(C)(C)C)no2)cc(OC)c1OC. The van der Waals surface area contributed by atoms with Gasteiger partial charge in [0.2, 0.25) is 11.7 Å². The second kappa shape index (κ2) is 9.60. The second-order valence-electron chi connectivity index (χ2n) is 8.67. The van der Waals surface area contributed by atoms with Crippen LogP contribution in [0.25, 0.3) is 11.3 Å². The summed E-state index contributed by atoms with van der Waals surface area (Å²) in [6.45, 7) is 7.40. The van der Waals surface area contributed by atoms with Crippen LogP contribution in [0.15, 0.2) is 22.7 Å². The molecule has 31 heavy (non-hydrogen) atoms. The van der Waals surface area contributed by atoms with Gasteiger partial charge in [0.25, 0.3) is 0 Å². The zero-order valence-corrected chi connectivity index (χ0v) is 19.2. The van der Waals surface area contributed by atoms with Crippen LogP contribution in [0, 0.1) is 5.41 Å². The van der Waals surface area contributed by atoms with Crippen molar-refractivity contribution in [3.63, 3.8) is 0 Å². The van der Waals surface area contributed by atoms with Crippen molar-refractivity contribution in [1.82, 2.24) is 10.1 Å². The average molecular weight is 433 g/mol. The fourth-order valence-corrected chi connectivity index (χ4v) is 3.67. The molecule has 8 heteroatoms. The summed E-state index contributed by atoms with van der Waals surface area (Å²) in [6.07, 6.45) is 2.05. The first kappa shape index (κ1) is 22.9. The highest BCUT2D eigenvalue weighted by atomic mass is 16.5. The first-order chi connectivity index (χ1) is 14.8. The molecule has 0 aliphatic carbocycles. The smallest absolute Gasteiger partial charge is 0.228 e. The van der Waals surface area contributed by atoms with Crippen molar-refractivity contribution in [3.05, 3.63) is 23.9 Å². The van der Waals surface area contributed by atoms with Crippen LogP contribution >= 0.6 is 0 Å². The molecular weight excluding hydrogens is 400 g/mol. The van der Waals surface area contributed by atoms with Gasteiger partial charge in [-0.2, -0.15) is 0 Å². The van der Waals surface area contributed by atoms with Crippen molar-refractivity contribution in [3.8, 4) is 28.6 Å². The highest BCUT2D eigenvalue weighted by Gasteiger charge is 2.31. The minimum absolute atomic E-state index is 0.0559. The summed E-state index contributed by atoms with van der Waals surface area (Å²) in [5, 5.41) is 4.20. The molecule has 170 valence electrons. The fraction of sp³-hybridized carbons (Fsp3) is 0.565. The Hall–Kier alpha value is -2.74. The molecule has 1 aromatic carbocycles. The van der Waals surface area contributed by atoms with Gasteiger partial charge in [0.05, 0.1) is 34.0 Å². The number of methoxy groups -OCH3 is 3. The van der Waals surface area contributed by atoms with Gasteiger partial charge in [-0.25, -0.2) is 0 Å². The van der Waals surface area contributed by atoms with Crippen LogP contribution in [0.1, 0.15) is 39.3 Å². The molecule has 0 N–H and O–H groups in total. The van der Waals surface area contributed by atoms with Gasteiger partial charge < -0.3 is 28.4 Å². The van der Waals surface area contributed by atoms with Crippen molar-refractivity contribution in [2.75, 3.05) is 34.5 Å². The third-order valence-corrected chi connectivity index (χ3v) is 5.24. The number of rotatable bonds is 8. The van der Waals surface area contributed by atoms with Crippen LogP contribution in [0.4, 0.5) is 0 Å². The molecule has 2 aromatic rings. The summed E-state index contributed by atoms with van der Waals surface area (Å²) in [4.78, 5) is 14.8. The Kier molecular flexibility index (Phi) is 7.10. The Labute approximate surface area is 183 Å². The summed E-state index contributed by atoms with van der Waals surface area (Å²) >= 11 is 0. The number of benzene rings is 1. The topological polar surface area (TPSA) is 83.3 Å². The molecule has 1 aliphatic rings. The van der Waals surface area contributed by atoms with Gasteiger partial charge >= 0.3 is 0 Å². The molecule has 0 bridgehead atoms. The van der Waals surface area contributed by atoms with E-state index in [1.54, 1.807) is 33.5 Å². The Morgan fingerprint density at radius 1 is 1.13 bits per heavy atom. The van der Waals surface area contributed by atoms with Gasteiger partial charge in [-0.05, 0) is 25.0 Å². The summed E-state index contributed by atoms with van der Waals surface area (Å²) in [5.74, 6) is 2.16. The van der Waals surface area contributed by atoms with Crippen molar-refractivity contribution < 1.29 is 28.3 Å². The zero-order valence-electron chi connectivity index (χ0n) is 19.2. The Morgan fingerprint density at radius 2 is 1.81 bits per heavy atom. The van der Waals surface area contributed by atoms with Crippen molar-refractivity contribution in [1.29, 1.82) is 0 Å². The maximum Gasteiger partial charge on any atom is 0.228 e. The lowest BCUT2D eigenvalue weighted by Gasteiger charge is -2.30. The normalized spacial score (nSPS) is 16.3. The molecule has 0 saturated carbocycles. The number of carbonyl (C=O) groups excluding carboxylic acids is 1. The zero-order chi connectivity index (χ0) is 22.6. The van der Waals surface area contributed by atoms with E-state index in [1.165, 1.54) is 0 Å². The maximum atomic E-state index is 13.0. The van der Waals surface area contributed by atoms with E-state index >= 15 is 0 Å². The molecule has 1 aliphatic heterocycles. The average Bonchev–Trinajstić information content (AvgIpc) is 3.43. The van der Waals surface area contributed by atoms with Crippen LogP contribution < -0.4 is 14.2 Å². The molecule has 0 spiro atoms.